The van der Waals surface area contributed by atoms with Gasteiger partial charge in [-0.3, -0.25) is 4.79 Å². The molecule has 4 nitrogen and oxygen atoms in total. The van der Waals surface area contributed by atoms with Crippen LogP contribution in [0.5, 0.6) is 5.75 Å². The van der Waals surface area contributed by atoms with Gasteiger partial charge in [0.25, 0.3) is 0 Å². The summed E-state index contributed by atoms with van der Waals surface area (Å²) in [6.07, 6.45) is 0.605. The first-order valence-electron chi connectivity index (χ1n) is 5.70. The van der Waals surface area contributed by atoms with E-state index in [-0.39, 0.29) is 17.9 Å². The van der Waals surface area contributed by atoms with Crippen LogP contribution in [0, 0.1) is 0 Å². The van der Waals surface area contributed by atoms with Crippen molar-refractivity contribution in [1.82, 2.24) is 0 Å². The molecule has 2 aromatic carbocycles. The molecule has 0 fully saturated rings. The summed E-state index contributed by atoms with van der Waals surface area (Å²) in [7, 11) is 0. The Morgan fingerprint density at radius 3 is 2.58 bits per heavy atom. The van der Waals surface area contributed by atoms with E-state index in [9.17, 15) is 14.7 Å². The van der Waals surface area contributed by atoms with Crippen LogP contribution < -0.4 is 0 Å². The van der Waals surface area contributed by atoms with E-state index in [0.29, 0.717) is 11.8 Å². The molecule has 0 spiro atoms. The fraction of sp³-hybridized carbons (Fsp3) is 0.0667. The van der Waals surface area contributed by atoms with Gasteiger partial charge in [-0.05, 0) is 23.8 Å². The molecule has 0 saturated heterocycles. The normalized spacial score (nSPS) is 9.89. The third-order valence-corrected chi connectivity index (χ3v) is 2.59. The van der Waals surface area contributed by atoms with Gasteiger partial charge in [-0.15, -0.1) is 0 Å². The number of benzene rings is 2. The second-order valence-electron chi connectivity index (χ2n) is 3.96. The van der Waals surface area contributed by atoms with Gasteiger partial charge < -0.3 is 9.84 Å². The van der Waals surface area contributed by atoms with E-state index in [4.69, 9.17) is 4.74 Å². The molecule has 0 amide bonds. The summed E-state index contributed by atoms with van der Waals surface area (Å²) in [4.78, 5) is 22.4. The van der Waals surface area contributed by atoms with Crippen LogP contribution in [-0.4, -0.2) is 17.4 Å². The molecule has 0 atom stereocenters. The van der Waals surface area contributed by atoms with Crippen molar-refractivity contribution in [3.05, 3.63) is 65.2 Å². The summed E-state index contributed by atoms with van der Waals surface area (Å²) in [6.45, 7) is 0.116. The number of esters is 1. The molecule has 19 heavy (non-hydrogen) atoms. The van der Waals surface area contributed by atoms with Gasteiger partial charge in [0.2, 0.25) is 0 Å². The predicted octanol–water partition coefficient (Wildman–Crippen LogP) is 2.56. The zero-order valence-corrected chi connectivity index (χ0v) is 10.1. The molecular weight excluding hydrogens is 244 g/mol. The summed E-state index contributed by atoms with van der Waals surface area (Å²) in [5.74, 6) is -0.867. The van der Waals surface area contributed by atoms with E-state index in [0.717, 1.165) is 5.56 Å². The highest BCUT2D eigenvalue weighted by atomic mass is 16.5. The summed E-state index contributed by atoms with van der Waals surface area (Å²) in [5.41, 5.74) is 1.15. The molecule has 0 aliphatic heterocycles. The van der Waals surface area contributed by atoms with Gasteiger partial charge in [0.1, 0.15) is 24.2 Å². The van der Waals surface area contributed by atoms with Gasteiger partial charge in [0.15, 0.2) is 0 Å². The van der Waals surface area contributed by atoms with Crippen molar-refractivity contribution < 1.29 is 19.4 Å². The van der Waals surface area contributed by atoms with E-state index < -0.39 is 5.97 Å². The Morgan fingerprint density at radius 1 is 1.16 bits per heavy atom. The Balaban J connectivity index is 2.10. The van der Waals surface area contributed by atoms with Crippen LogP contribution in [-0.2, 0) is 11.3 Å². The van der Waals surface area contributed by atoms with E-state index >= 15 is 0 Å². The highest BCUT2D eigenvalue weighted by Crippen LogP contribution is 2.19. The molecule has 2 aromatic rings. The maximum Gasteiger partial charge on any atom is 0.342 e. The van der Waals surface area contributed by atoms with Gasteiger partial charge in [-0.2, -0.15) is 0 Å². The largest absolute Gasteiger partial charge is 0.507 e. The van der Waals surface area contributed by atoms with Crippen LogP contribution in [0.25, 0.3) is 0 Å². The van der Waals surface area contributed by atoms with E-state index in [2.05, 4.69) is 0 Å². The lowest BCUT2D eigenvalue weighted by atomic mass is 10.1. The molecule has 2 rings (SSSR count). The van der Waals surface area contributed by atoms with Gasteiger partial charge in [-0.25, -0.2) is 4.79 Å². The smallest absolute Gasteiger partial charge is 0.342 e. The number of carbonyl (C=O) groups excluding carboxylic acids is 2. The molecule has 0 saturated carbocycles. The highest BCUT2D eigenvalue weighted by Gasteiger charge is 2.13. The number of aromatic hydroxyl groups is 1. The van der Waals surface area contributed by atoms with Crippen LogP contribution in [0.1, 0.15) is 26.3 Å². The minimum atomic E-state index is -0.662. The minimum Gasteiger partial charge on any atom is -0.507 e. The lowest BCUT2D eigenvalue weighted by molar-refractivity contribution is 0.0469. The molecule has 4 heteroatoms. The number of ether oxygens (including phenoxy) is 1. The van der Waals surface area contributed by atoms with Crippen molar-refractivity contribution in [2.45, 2.75) is 6.61 Å². The second kappa shape index (κ2) is 5.82. The van der Waals surface area contributed by atoms with Gasteiger partial charge in [-0.1, -0.05) is 30.3 Å². The monoisotopic (exact) mass is 256 g/mol. The topological polar surface area (TPSA) is 63.6 Å². The molecule has 96 valence electrons. The molecule has 0 aliphatic carbocycles. The standard InChI is InChI=1S/C15H12O4/c16-9-12-6-7-14(17)13(8-12)15(18)19-10-11-4-2-1-3-5-11/h1-9,17H,10H2. The van der Waals surface area contributed by atoms with E-state index in [1.165, 1.54) is 18.2 Å². The Hall–Kier alpha value is -2.62. The molecule has 0 heterocycles. The number of rotatable bonds is 4. The predicted molar refractivity (Wildman–Crippen MR) is 69.1 cm³/mol. The Bertz CT molecular complexity index is 590. The summed E-state index contributed by atoms with van der Waals surface area (Å²) >= 11 is 0. The van der Waals surface area contributed by atoms with Crippen molar-refractivity contribution in [2.75, 3.05) is 0 Å². The Kier molecular flexibility index (Phi) is 3.93. The van der Waals surface area contributed by atoms with Crippen molar-refractivity contribution in [3.63, 3.8) is 0 Å². The van der Waals surface area contributed by atoms with Crippen LogP contribution >= 0.6 is 0 Å². The van der Waals surface area contributed by atoms with Crippen molar-refractivity contribution in [2.24, 2.45) is 0 Å². The summed E-state index contributed by atoms with van der Waals surface area (Å²) in [6, 6.07) is 13.2. The minimum absolute atomic E-state index is 0.0134. The lowest BCUT2D eigenvalue weighted by Crippen LogP contribution is -2.06. The number of phenols is 1. The maximum atomic E-state index is 11.8. The van der Waals surface area contributed by atoms with Crippen LogP contribution in [0.2, 0.25) is 0 Å². The molecule has 0 unspecified atom stereocenters. The Morgan fingerprint density at radius 2 is 1.89 bits per heavy atom. The molecular formula is C15H12O4. The fourth-order valence-corrected chi connectivity index (χ4v) is 1.59. The first-order valence-corrected chi connectivity index (χ1v) is 5.70. The van der Waals surface area contributed by atoms with Gasteiger partial charge >= 0.3 is 5.97 Å². The molecule has 0 radical (unpaired) electrons. The summed E-state index contributed by atoms with van der Waals surface area (Å²) < 4.78 is 5.08. The number of carbonyl (C=O) groups is 2. The van der Waals surface area contributed by atoms with Crippen LogP contribution in [0.4, 0.5) is 0 Å². The van der Waals surface area contributed by atoms with Gasteiger partial charge in [0, 0.05) is 5.56 Å². The first kappa shape index (κ1) is 12.8. The molecule has 0 bridgehead atoms. The fourth-order valence-electron chi connectivity index (χ4n) is 1.59. The first-order chi connectivity index (χ1) is 9.20. The quantitative estimate of drug-likeness (QED) is 0.674. The molecule has 0 aliphatic rings. The van der Waals surface area contributed by atoms with E-state index in [1.807, 2.05) is 30.3 Å². The molecule has 0 aromatic heterocycles. The van der Waals surface area contributed by atoms with Crippen LogP contribution in [0.15, 0.2) is 48.5 Å². The highest BCUT2D eigenvalue weighted by molar-refractivity contribution is 5.94. The SMILES string of the molecule is O=Cc1ccc(O)c(C(=O)OCc2ccccc2)c1. The third-order valence-electron chi connectivity index (χ3n) is 2.59. The van der Waals surface area contributed by atoms with Crippen molar-refractivity contribution in [3.8, 4) is 5.75 Å². The lowest BCUT2D eigenvalue weighted by Gasteiger charge is -2.06. The van der Waals surface area contributed by atoms with Crippen LogP contribution in [0.3, 0.4) is 0 Å². The number of hydrogen-bond donors (Lipinski definition) is 1. The average molecular weight is 256 g/mol. The molecule has 1 N–H and O–H groups in total. The maximum absolute atomic E-state index is 11.8. The zero-order chi connectivity index (χ0) is 13.7. The Labute approximate surface area is 110 Å². The van der Waals surface area contributed by atoms with E-state index in [1.54, 1.807) is 0 Å². The summed E-state index contributed by atoms with van der Waals surface area (Å²) in [5, 5.41) is 9.58. The second-order valence-corrected chi connectivity index (χ2v) is 3.96. The van der Waals surface area contributed by atoms with Crippen molar-refractivity contribution >= 4 is 12.3 Å². The number of hydrogen-bond acceptors (Lipinski definition) is 4. The average Bonchev–Trinajstić information content (AvgIpc) is 2.46. The van der Waals surface area contributed by atoms with Crippen molar-refractivity contribution in [1.29, 1.82) is 0 Å². The van der Waals surface area contributed by atoms with Gasteiger partial charge in [0.05, 0.1) is 0 Å². The third kappa shape index (κ3) is 3.19. The number of phenolic OH excluding ortho intramolecular Hbond substituents is 1. The number of aldehydes is 1. The zero-order valence-electron chi connectivity index (χ0n) is 10.1.